The van der Waals surface area contributed by atoms with Crippen LogP contribution < -0.4 is 5.73 Å². The molecule has 2 heteroatoms. The fourth-order valence-corrected chi connectivity index (χ4v) is 3.82. The Labute approximate surface area is 127 Å². The Morgan fingerprint density at radius 1 is 1.05 bits per heavy atom. The zero-order valence-corrected chi connectivity index (χ0v) is 14.5. The lowest BCUT2D eigenvalue weighted by Crippen LogP contribution is -2.58. The van der Waals surface area contributed by atoms with Gasteiger partial charge in [0.15, 0.2) is 0 Å². The smallest absolute Gasteiger partial charge is 0.0354 e. The van der Waals surface area contributed by atoms with Gasteiger partial charge < -0.3 is 10.6 Å². The van der Waals surface area contributed by atoms with Gasteiger partial charge in [0, 0.05) is 11.6 Å². The normalized spacial score (nSPS) is 28.8. The summed E-state index contributed by atoms with van der Waals surface area (Å²) < 4.78 is 0. The van der Waals surface area contributed by atoms with Gasteiger partial charge in [0.2, 0.25) is 0 Å². The molecule has 1 aliphatic carbocycles. The van der Waals surface area contributed by atoms with E-state index in [1.54, 1.807) is 0 Å². The lowest BCUT2D eigenvalue weighted by Gasteiger charge is -2.48. The molecule has 1 aliphatic rings. The minimum atomic E-state index is 0.274. The minimum absolute atomic E-state index is 0.274. The molecule has 0 aromatic heterocycles. The zero-order valence-electron chi connectivity index (χ0n) is 14.5. The maximum absolute atomic E-state index is 6.63. The van der Waals surface area contributed by atoms with Crippen LogP contribution in [0.3, 0.4) is 0 Å². The molecule has 1 saturated carbocycles. The van der Waals surface area contributed by atoms with Crippen molar-refractivity contribution in [3.8, 4) is 0 Å². The monoisotopic (exact) mass is 282 g/mol. The van der Waals surface area contributed by atoms with Crippen molar-refractivity contribution in [2.24, 2.45) is 11.7 Å². The molecule has 0 aliphatic heterocycles. The molecule has 0 heterocycles. The molecule has 0 aromatic carbocycles. The maximum Gasteiger partial charge on any atom is 0.0354 e. The first-order valence-corrected chi connectivity index (χ1v) is 8.96. The van der Waals surface area contributed by atoms with Gasteiger partial charge >= 0.3 is 0 Å². The molecule has 0 radical (unpaired) electrons. The van der Waals surface area contributed by atoms with Gasteiger partial charge in [-0.1, -0.05) is 52.4 Å². The van der Waals surface area contributed by atoms with Gasteiger partial charge in [0.25, 0.3) is 0 Å². The number of nitrogens with zero attached hydrogens (tertiary/aromatic N) is 1. The van der Waals surface area contributed by atoms with Crippen molar-refractivity contribution in [2.75, 3.05) is 14.1 Å². The van der Waals surface area contributed by atoms with Gasteiger partial charge in [-0.3, -0.25) is 0 Å². The Kier molecular flexibility index (Phi) is 8.13. The van der Waals surface area contributed by atoms with Crippen LogP contribution in [0.1, 0.15) is 84.5 Å². The van der Waals surface area contributed by atoms with Crippen molar-refractivity contribution in [3.63, 3.8) is 0 Å². The average molecular weight is 283 g/mol. The molecule has 120 valence electrons. The van der Waals surface area contributed by atoms with E-state index in [9.17, 15) is 0 Å². The Bertz CT molecular complexity index is 242. The van der Waals surface area contributed by atoms with Gasteiger partial charge in [-0.05, 0) is 52.1 Å². The Balaban J connectivity index is 2.35. The SMILES string of the molecule is CCCCCCCCC(N)C1(N(C)C)CCC(C)CC1. The molecule has 2 nitrogen and oxygen atoms in total. The molecule has 1 unspecified atom stereocenters. The van der Waals surface area contributed by atoms with Crippen LogP contribution in [-0.2, 0) is 0 Å². The standard InChI is InChI=1S/C18H38N2/c1-5-6-7-8-9-10-11-17(19)18(20(3)4)14-12-16(2)13-15-18/h16-17H,5-15,19H2,1-4H3. The topological polar surface area (TPSA) is 29.3 Å². The molecule has 20 heavy (non-hydrogen) atoms. The summed E-state index contributed by atoms with van der Waals surface area (Å²) in [6.07, 6.45) is 14.7. The molecule has 1 fully saturated rings. The quantitative estimate of drug-likeness (QED) is 0.627. The highest BCUT2D eigenvalue weighted by atomic mass is 15.2. The molecule has 0 aromatic rings. The van der Waals surface area contributed by atoms with Crippen LogP contribution in [0.2, 0.25) is 0 Å². The molecular weight excluding hydrogens is 244 g/mol. The number of hydrogen-bond donors (Lipinski definition) is 1. The Morgan fingerprint density at radius 2 is 1.60 bits per heavy atom. The van der Waals surface area contributed by atoms with Crippen molar-refractivity contribution in [1.82, 2.24) is 4.90 Å². The lowest BCUT2D eigenvalue weighted by atomic mass is 9.71. The predicted octanol–water partition coefficient (Wildman–Crippen LogP) is 4.57. The van der Waals surface area contributed by atoms with Crippen LogP contribution in [0.4, 0.5) is 0 Å². The second kappa shape index (κ2) is 9.04. The largest absolute Gasteiger partial charge is 0.326 e. The fourth-order valence-electron chi connectivity index (χ4n) is 3.82. The van der Waals surface area contributed by atoms with E-state index in [-0.39, 0.29) is 5.54 Å². The van der Waals surface area contributed by atoms with E-state index in [2.05, 4.69) is 32.8 Å². The minimum Gasteiger partial charge on any atom is -0.326 e. The van der Waals surface area contributed by atoms with Gasteiger partial charge in [-0.2, -0.15) is 0 Å². The van der Waals surface area contributed by atoms with Crippen LogP contribution in [0.15, 0.2) is 0 Å². The lowest BCUT2D eigenvalue weighted by molar-refractivity contribution is 0.0531. The first-order valence-electron chi connectivity index (χ1n) is 8.96. The summed E-state index contributed by atoms with van der Waals surface area (Å²) in [7, 11) is 4.47. The zero-order chi connectivity index (χ0) is 15.0. The van der Waals surface area contributed by atoms with Crippen LogP contribution in [-0.4, -0.2) is 30.6 Å². The Morgan fingerprint density at radius 3 is 2.15 bits per heavy atom. The summed E-state index contributed by atoms with van der Waals surface area (Å²) in [6, 6.07) is 0.358. The van der Waals surface area contributed by atoms with E-state index < -0.39 is 0 Å². The number of nitrogens with two attached hydrogens (primary N) is 1. The van der Waals surface area contributed by atoms with Crippen molar-refractivity contribution in [2.45, 2.75) is 96.1 Å². The number of likely N-dealkylation sites (N-methyl/N-ethyl adjacent to an activating group) is 1. The molecular formula is C18H38N2. The van der Waals surface area contributed by atoms with Gasteiger partial charge in [-0.25, -0.2) is 0 Å². The number of rotatable bonds is 9. The summed E-state index contributed by atoms with van der Waals surface area (Å²) in [5, 5.41) is 0. The molecule has 0 spiro atoms. The molecule has 0 bridgehead atoms. The van der Waals surface area contributed by atoms with Crippen molar-refractivity contribution < 1.29 is 0 Å². The van der Waals surface area contributed by atoms with E-state index in [1.807, 2.05) is 0 Å². The molecule has 0 amide bonds. The van der Waals surface area contributed by atoms with E-state index in [0.717, 1.165) is 5.92 Å². The number of hydrogen-bond acceptors (Lipinski definition) is 2. The number of unbranched alkanes of at least 4 members (excludes halogenated alkanes) is 5. The maximum atomic E-state index is 6.63. The van der Waals surface area contributed by atoms with Gasteiger partial charge in [-0.15, -0.1) is 0 Å². The van der Waals surface area contributed by atoms with Gasteiger partial charge in [0.1, 0.15) is 0 Å². The summed E-state index contributed by atoms with van der Waals surface area (Å²) in [6.45, 7) is 4.67. The van der Waals surface area contributed by atoms with E-state index in [1.165, 1.54) is 70.6 Å². The van der Waals surface area contributed by atoms with Crippen molar-refractivity contribution in [3.05, 3.63) is 0 Å². The summed E-state index contributed by atoms with van der Waals surface area (Å²) in [5.74, 6) is 0.893. The van der Waals surface area contributed by atoms with E-state index >= 15 is 0 Å². The highest BCUT2D eigenvalue weighted by Crippen LogP contribution is 2.38. The highest BCUT2D eigenvalue weighted by Gasteiger charge is 2.40. The molecule has 0 saturated heterocycles. The highest BCUT2D eigenvalue weighted by molar-refractivity contribution is 4.99. The van der Waals surface area contributed by atoms with Crippen molar-refractivity contribution >= 4 is 0 Å². The van der Waals surface area contributed by atoms with E-state index in [4.69, 9.17) is 5.73 Å². The Hall–Kier alpha value is -0.0800. The first-order chi connectivity index (χ1) is 9.53. The van der Waals surface area contributed by atoms with Crippen LogP contribution in [0.5, 0.6) is 0 Å². The van der Waals surface area contributed by atoms with Crippen LogP contribution in [0.25, 0.3) is 0 Å². The third kappa shape index (κ3) is 5.04. The van der Waals surface area contributed by atoms with Crippen molar-refractivity contribution in [1.29, 1.82) is 0 Å². The average Bonchev–Trinajstić information content (AvgIpc) is 2.43. The molecule has 1 rings (SSSR count). The van der Waals surface area contributed by atoms with E-state index in [0.29, 0.717) is 6.04 Å². The molecule has 1 atom stereocenters. The first kappa shape index (κ1) is 18.0. The fraction of sp³-hybridized carbons (Fsp3) is 1.00. The summed E-state index contributed by atoms with van der Waals surface area (Å²) in [5.41, 5.74) is 6.90. The van der Waals surface area contributed by atoms with Gasteiger partial charge in [0.05, 0.1) is 0 Å². The second-order valence-corrected chi connectivity index (χ2v) is 7.34. The second-order valence-electron chi connectivity index (χ2n) is 7.34. The summed E-state index contributed by atoms with van der Waals surface area (Å²) >= 11 is 0. The third-order valence-corrected chi connectivity index (χ3v) is 5.59. The molecule has 2 N–H and O–H groups in total. The third-order valence-electron chi connectivity index (χ3n) is 5.59. The van der Waals surface area contributed by atoms with Crippen LogP contribution >= 0.6 is 0 Å². The van der Waals surface area contributed by atoms with Crippen LogP contribution in [0, 0.1) is 5.92 Å². The summed E-state index contributed by atoms with van der Waals surface area (Å²) in [4.78, 5) is 2.43. The predicted molar refractivity (Wildman–Crippen MR) is 90.0 cm³/mol.